The third kappa shape index (κ3) is 3.47. The van der Waals surface area contributed by atoms with Crippen molar-refractivity contribution in [3.8, 4) is 11.5 Å². The Hall–Kier alpha value is -2.49. The first-order valence-corrected chi connectivity index (χ1v) is 7.96. The van der Waals surface area contributed by atoms with Gasteiger partial charge in [-0.2, -0.15) is 0 Å². The van der Waals surface area contributed by atoms with Gasteiger partial charge in [0.15, 0.2) is 11.5 Å². The molecule has 120 valence electrons. The van der Waals surface area contributed by atoms with Crippen LogP contribution in [0.15, 0.2) is 42.5 Å². The van der Waals surface area contributed by atoms with Crippen molar-refractivity contribution in [1.82, 2.24) is 5.32 Å². The predicted molar refractivity (Wildman–Crippen MR) is 89.1 cm³/mol. The first-order valence-electron chi connectivity index (χ1n) is 7.96. The van der Waals surface area contributed by atoms with E-state index in [4.69, 9.17) is 9.47 Å². The third-order valence-electron chi connectivity index (χ3n) is 4.04. The molecule has 23 heavy (non-hydrogen) atoms. The van der Waals surface area contributed by atoms with Gasteiger partial charge in [0.1, 0.15) is 13.2 Å². The summed E-state index contributed by atoms with van der Waals surface area (Å²) in [6.07, 6.45) is 1.01. The van der Waals surface area contributed by atoms with Crippen molar-refractivity contribution in [2.45, 2.75) is 26.3 Å². The lowest BCUT2D eigenvalue weighted by Crippen LogP contribution is -2.27. The van der Waals surface area contributed by atoms with Crippen LogP contribution in [-0.4, -0.2) is 19.1 Å². The van der Waals surface area contributed by atoms with Gasteiger partial charge in [0, 0.05) is 5.56 Å². The molecule has 0 bridgehead atoms. The van der Waals surface area contributed by atoms with E-state index >= 15 is 0 Å². The molecule has 4 heteroatoms. The smallest absolute Gasteiger partial charge is 0.251 e. The molecule has 0 aromatic heterocycles. The number of benzene rings is 2. The van der Waals surface area contributed by atoms with Crippen molar-refractivity contribution >= 4 is 5.91 Å². The van der Waals surface area contributed by atoms with Crippen molar-refractivity contribution in [3.05, 3.63) is 59.2 Å². The fraction of sp³-hybridized carbons (Fsp3) is 0.316. The number of amides is 1. The maximum absolute atomic E-state index is 12.4. The van der Waals surface area contributed by atoms with Crippen LogP contribution >= 0.6 is 0 Å². The highest BCUT2D eigenvalue weighted by atomic mass is 16.6. The van der Waals surface area contributed by atoms with Crippen LogP contribution in [0.4, 0.5) is 0 Å². The summed E-state index contributed by atoms with van der Waals surface area (Å²) in [6, 6.07) is 13.5. The Morgan fingerprint density at radius 3 is 2.48 bits per heavy atom. The number of carbonyl (C=O) groups is 1. The van der Waals surface area contributed by atoms with Gasteiger partial charge in [0.05, 0.1) is 6.04 Å². The Kier molecular flexibility index (Phi) is 4.51. The molecule has 0 unspecified atom stereocenters. The number of fused-ring (bicyclic) bond motifs is 1. The fourth-order valence-corrected chi connectivity index (χ4v) is 2.59. The predicted octanol–water partition coefficient (Wildman–Crippen LogP) is 3.51. The van der Waals surface area contributed by atoms with Gasteiger partial charge in [0.2, 0.25) is 0 Å². The molecule has 0 aliphatic carbocycles. The molecular weight excluding hydrogens is 290 g/mol. The van der Waals surface area contributed by atoms with E-state index in [1.54, 1.807) is 18.2 Å². The van der Waals surface area contributed by atoms with Crippen molar-refractivity contribution in [3.63, 3.8) is 0 Å². The van der Waals surface area contributed by atoms with Crippen molar-refractivity contribution in [2.24, 2.45) is 0 Å². The van der Waals surface area contributed by atoms with Gasteiger partial charge in [-0.1, -0.05) is 31.2 Å². The van der Waals surface area contributed by atoms with Crippen molar-refractivity contribution < 1.29 is 14.3 Å². The van der Waals surface area contributed by atoms with Crippen LogP contribution in [-0.2, 0) is 6.42 Å². The molecule has 0 saturated heterocycles. The highest BCUT2D eigenvalue weighted by Gasteiger charge is 2.16. The van der Waals surface area contributed by atoms with Crippen molar-refractivity contribution in [1.29, 1.82) is 0 Å². The average molecular weight is 311 g/mol. The number of hydrogen-bond donors (Lipinski definition) is 1. The first-order chi connectivity index (χ1) is 11.2. The summed E-state index contributed by atoms with van der Waals surface area (Å²) in [5, 5.41) is 3.02. The minimum absolute atomic E-state index is 0.0541. The van der Waals surface area contributed by atoms with Crippen LogP contribution in [0, 0.1) is 0 Å². The second-order valence-electron chi connectivity index (χ2n) is 5.65. The Bertz CT molecular complexity index is 694. The van der Waals surface area contributed by atoms with E-state index in [-0.39, 0.29) is 11.9 Å². The van der Waals surface area contributed by atoms with Crippen LogP contribution < -0.4 is 14.8 Å². The SMILES string of the molecule is CCc1ccc([C@@H](C)NC(=O)c2ccc3c(c2)OCCO3)cc1. The fourth-order valence-electron chi connectivity index (χ4n) is 2.59. The average Bonchev–Trinajstić information content (AvgIpc) is 2.61. The van der Waals surface area contributed by atoms with Gasteiger partial charge >= 0.3 is 0 Å². The lowest BCUT2D eigenvalue weighted by atomic mass is 10.0. The molecule has 1 amide bonds. The summed E-state index contributed by atoms with van der Waals surface area (Å²) >= 11 is 0. The Balaban J connectivity index is 1.70. The zero-order valence-electron chi connectivity index (χ0n) is 13.5. The largest absolute Gasteiger partial charge is 0.486 e. The molecule has 0 saturated carbocycles. The molecule has 1 atom stereocenters. The van der Waals surface area contributed by atoms with Gasteiger partial charge in [-0.3, -0.25) is 4.79 Å². The van der Waals surface area contributed by atoms with E-state index in [9.17, 15) is 4.79 Å². The molecule has 1 N–H and O–H groups in total. The number of ether oxygens (including phenoxy) is 2. The van der Waals surface area contributed by atoms with Crippen molar-refractivity contribution in [2.75, 3.05) is 13.2 Å². The molecule has 0 fully saturated rings. The van der Waals surface area contributed by atoms with E-state index in [0.29, 0.717) is 30.3 Å². The van der Waals surface area contributed by atoms with E-state index in [2.05, 4.69) is 36.5 Å². The second kappa shape index (κ2) is 6.73. The summed E-state index contributed by atoms with van der Waals surface area (Å²) in [5.74, 6) is 1.20. The van der Waals surface area contributed by atoms with E-state index in [1.807, 2.05) is 6.92 Å². The minimum Gasteiger partial charge on any atom is -0.486 e. The van der Waals surface area contributed by atoms with Crippen LogP contribution in [0.5, 0.6) is 11.5 Å². The van der Waals surface area contributed by atoms with E-state index < -0.39 is 0 Å². The first kappa shape index (κ1) is 15.4. The standard InChI is InChI=1S/C19H21NO3/c1-3-14-4-6-15(7-5-14)13(2)20-19(21)16-8-9-17-18(12-16)23-11-10-22-17/h4-9,12-13H,3,10-11H2,1-2H3,(H,20,21)/t13-/m1/s1. The highest BCUT2D eigenvalue weighted by Crippen LogP contribution is 2.30. The van der Waals surface area contributed by atoms with Crippen LogP contribution in [0.1, 0.15) is 41.4 Å². The number of rotatable bonds is 4. The number of carbonyl (C=O) groups excluding carboxylic acids is 1. The van der Waals surface area contributed by atoms with Crippen LogP contribution in [0.25, 0.3) is 0 Å². The topological polar surface area (TPSA) is 47.6 Å². The zero-order valence-corrected chi connectivity index (χ0v) is 13.5. The molecule has 3 rings (SSSR count). The molecule has 4 nitrogen and oxygen atoms in total. The molecule has 2 aromatic rings. The quantitative estimate of drug-likeness (QED) is 0.940. The third-order valence-corrected chi connectivity index (χ3v) is 4.04. The van der Waals surface area contributed by atoms with Gasteiger partial charge in [-0.05, 0) is 42.7 Å². The Morgan fingerprint density at radius 2 is 1.78 bits per heavy atom. The van der Waals surface area contributed by atoms with E-state index in [1.165, 1.54) is 5.56 Å². The number of hydrogen-bond acceptors (Lipinski definition) is 3. The molecule has 0 radical (unpaired) electrons. The maximum Gasteiger partial charge on any atom is 0.251 e. The lowest BCUT2D eigenvalue weighted by molar-refractivity contribution is 0.0938. The molecular formula is C19H21NO3. The number of aryl methyl sites for hydroxylation is 1. The molecule has 1 aliphatic rings. The van der Waals surface area contributed by atoms with Gasteiger partial charge in [0.25, 0.3) is 5.91 Å². The maximum atomic E-state index is 12.4. The van der Waals surface area contributed by atoms with Crippen LogP contribution in [0.3, 0.4) is 0 Å². The normalized spacial score (nSPS) is 14.2. The molecule has 2 aromatic carbocycles. The summed E-state index contributed by atoms with van der Waals surface area (Å²) in [4.78, 5) is 12.4. The highest BCUT2D eigenvalue weighted by molar-refractivity contribution is 5.95. The van der Waals surface area contributed by atoms with Gasteiger partial charge < -0.3 is 14.8 Å². The summed E-state index contributed by atoms with van der Waals surface area (Å²) in [5.41, 5.74) is 2.96. The van der Waals surface area contributed by atoms with Crippen LogP contribution in [0.2, 0.25) is 0 Å². The molecule has 0 spiro atoms. The molecule has 1 aliphatic heterocycles. The Morgan fingerprint density at radius 1 is 1.09 bits per heavy atom. The monoisotopic (exact) mass is 311 g/mol. The zero-order chi connectivity index (χ0) is 16.2. The minimum atomic E-state index is -0.117. The van der Waals surface area contributed by atoms with Gasteiger partial charge in [-0.25, -0.2) is 0 Å². The second-order valence-corrected chi connectivity index (χ2v) is 5.65. The lowest BCUT2D eigenvalue weighted by Gasteiger charge is -2.19. The van der Waals surface area contributed by atoms with Gasteiger partial charge in [-0.15, -0.1) is 0 Å². The summed E-state index contributed by atoms with van der Waals surface area (Å²) < 4.78 is 11.0. The summed E-state index contributed by atoms with van der Waals surface area (Å²) in [7, 11) is 0. The Labute approximate surface area is 136 Å². The number of nitrogens with one attached hydrogen (secondary N) is 1. The summed E-state index contributed by atoms with van der Waals surface area (Å²) in [6.45, 7) is 5.17. The van der Waals surface area contributed by atoms with E-state index in [0.717, 1.165) is 12.0 Å². The molecule has 1 heterocycles.